The number of hydrogen-bond donors (Lipinski definition) is 3. The molecule has 0 atom stereocenters. The van der Waals surface area contributed by atoms with E-state index in [0.29, 0.717) is 0 Å². The minimum Gasteiger partial charge on any atom is -0.465 e. The van der Waals surface area contributed by atoms with Crippen molar-refractivity contribution in [2.45, 2.75) is 0 Å². The van der Waals surface area contributed by atoms with Gasteiger partial charge in [-0.3, -0.25) is 15.0 Å². The summed E-state index contributed by atoms with van der Waals surface area (Å²) in [5, 5.41) is 12.3. The summed E-state index contributed by atoms with van der Waals surface area (Å²) in [6.45, 7) is 0. The largest absolute Gasteiger partial charge is 0.465 e. The summed E-state index contributed by atoms with van der Waals surface area (Å²) in [6, 6.07) is 6.48. The first-order valence-electron chi connectivity index (χ1n) is 5.28. The second-order valence-corrected chi connectivity index (χ2v) is 3.55. The fourth-order valence-corrected chi connectivity index (χ4v) is 1.41. The molecule has 0 aliphatic rings. The number of esters is 1. The third-order valence-corrected chi connectivity index (χ3v) is 2.35. The van der Waals surface area contributed by atoms with Crippen molar-refractivity contribution in [1.29, 1.82) is 0 Å². The molecule has 0 bridgehead atoms. The Balaban J connectivity index is 2.39. The zero-order chi connectivity index (χ0) is 13.8. The molecule has 8 nitrogen and oxygen atoms in total. The number of azo groups is 1. The SMILES string of the molecule is COC(=O)c1ccccc1N=Nc1c(N)[nH][nH]c1=O. The number of H-pyrrole nitrogens is 2. The molecule has 98 valence electrons. The molecule has 1 aromatic carbocycles. The summed E-state index contributed by atoms with van der Waals surface area (Å²) >= 11 is 0. The first-order chi connectivity index (χ1) is 9.13. The van der Waals surface area contributed by atoms with E-state index in [-0.39, 0.29) is 22.8 Å². The number of nitrogens with zero attached hydrogens (tertiary/aromatic N) is 2. The fraction of sp³-hybridized carbons (Fsp3) is 0.0909. The quantitative estimate of drug-likeness (QED) is 0.571. The number of ether oxygens (including phenoxy) is 1. The molecule has 19 heavy (non-hydrogen) atoms. The lowest BCUT2D eigenvalue weighted by atomic mass is 10.2. The van der Waals surface area contributed by atoms with Crippen LogP contribution in [0.3, 0.4) is 0 Å². The number of aromatic nitrogens is 2. The van der Waals surface area contributed by atoms with E-state index in [1.165, 1.54) is 7.11 Å². The van der Waals surface area contributed by atoms with Crippen LogP contribution in [-0.2, 0) is 4.74 Å². The van der Waals surface area contributed by atoms with Crippen molar-refractivity contribution in [2.75, 3.05) is 12.8 Å². The van der Waals surface area contributed by atoms with Crippen LogP contribution in [0.2, 0.25) is 0 Å². The summed E-state index contributed by atoms with van der Waals surface area (Å²) in [7, 11) is 1.27. The van der Waals surface area contributed by atoms with Crippen molar-refractivity contribution >= 4 is 23.2 Å². The number of anilines is 1. The van der Waals surface area contributed by atoms with Crippen LogP contribution in [0.1, 0.15) is 10.4 Å². The standard InChI is InChI=1S/C11H11N5O3/c1-19-11(18)6-4-2-3-5-7(6)13-14-8-9(12)15-16-10(8)17/h2-5H,1H3,(H4,12,15,16,17). The maximum absolute atomic E-state index is 11.5. The first kappa shape index (κ1) is 12.6. The Morgan fingerprint density at radius 2 is 2.00 bits per heavy atom. The molecule has 8 heteroatoms. The highest BCUT2D eigenvalue weighted by atomic mass is 16.5. The van der Waals surface area contributed by atoms with Gasteiger partial charge in [-0.15, -0.1) is 10.2 Å². The number of carbonyl (C=O) groups is 1. The molecule has 1 heterocycles. The Bertz CT molecular complexity index is 686. The maximum atomic E-state index is 11.5. The summed E-state index contributed by atoms with van der Waals surface area (Å²) in [4.78, 5) is 22.8. The van der Waals surface area contributed by atoms with Gasteiger partial charge in [-0.1, -0.05) is 12.1 Å². The lowest BCUT2D eigenvalue weighted by Crippen LogP contribution is -2.01. The molecule has 2 rings (SSSR count). The van der Waals surface area contributed by atoms with Gasteiger partial charge in [0.15, 0.2) is 5.69 Å². The Morgan fingerprint density at radius 3 is 2.63 bits per heavy atom. The normalized spacial score (nSPS) is 10.8. The third kappa shape index (κ3) is 2.51. The molecule has 0 spiro atoms. The summed E-state index contributed by atoms with van der Waals surface area (Å²) in [6.07, 6.45) is 0. The van der Waals surface area contributed by atoms with Gasteiger partial charge in [-0.25, -0.2) is 4.79 Å². The zero-order valence-electron chi connectivity index (χ0n) is 10.0. The van der Waals surface area contributed by atoms with Crippen LogP contribution in [0.5, 0.6) is 0 Å². The van der Waals surface area contributed by atoms with Crippen molar-refractivity contribution in [3.8, 4) is 0 Å². The number of carbonyl (C=O) groups excluding carboxylic acids is 1. The number of hydrogen-bond acceptors (Lipinski definition) is 6. The summed E-state index contributed by atoms with van der Waals surface area (Å²) in [5.74, 6) is -0.463. The van der Waals surface area contributed by atoms with E-state index in [1.54, 1.807) is 24.3 Å². The molecule has 0 saturated heterocycles. The molecular weight excluding hydrogens is 250 g/mol. The Labute approximate surface area is 107 Å². The molecule has 0 aliphatic heterocycles. The van der Waals surface area contributed by atoms with Crippen molar-refractivity contribution in [1.82, 2.24) is 10.2 Å². The molecule has 2 aromatic rings. The van der Waals surface area contributed by atoms with E-state index < -0.39 is 11.5 Å². The molecular formula is C11H11N5O3. The zero-order valence-corrected chi connectivity index (χ0v) is 10.0. The predicted octanol–water partition coefficient (Wildman–Crippen LogP) is 1.49. The number of rotatable bonds is 3. The van der Waals surface area contributed by atoms with E-state index in [0.717, 1.165) is 0 Å². The molecule has 0 aliphatic carbocycles. The van der Waals surface area contributed by atoms with Crippen LogP contribution in [0, 0.1) is 0 Å². The number of nitrogens with two attached hydrogens (primary N) is 1. The number of nitrogens with one attached hydrogen (secondary N) is 2. The van der Waals surface area contributed by atoms with Crippen LogP contribution in [0.4, 0.5) is 17.2 Å². The lowest BCUT2D eigenvalue weighted by molar-refractivity contribution is 0.0601. The Hall–Kier alpha value is -2.90. The molecule has 0 unspecified atom stereocenters. The van der Waals surface area contributed by atoms with Crippen LogP contribution in [-0.4, -0.2) is 23.3 Å². The highest BCUT2D eigenvalue weighted by molar-refractivity contribution is 5.94. The number of nitrogen functional groups attached to an aromatic ring is 1. The lowest BCUT2D eigenvalue weighted by Gasteiger charge is -2.01. The van der Waals surface area contributed by atoms with Crippen molar-refractivity contribution in [3.05, 3.63) is 40.2 Å². The molecule has 0 fully saturated rings. The second-order valence-electron chi connectivity index (χ2n) is 3.55. The minimum atomic E-state index is -0.537. The van der Waals surface area contributed by atoms with Crippen LogP contribution < -0.4 is 11.3 Å². The van der Waals surface area contributed by atoms with E-state index in [2.05, 4.69) is 25.2 Å². The first-order valence-corrected chi connectivity index (χ1v) is 5.28. The second kappa shape index (κ2) is 5.17. The molecule has 0 saturated carbocycles. The van der Waals surface area contributed by atoms with Gasteiger partial charge in [-0.2, -0.15) is 0 Å². The highest BCUT2D eigenvalue weighted by Crippen LogP contribution is 2.23. The Kier molecular flexibility index (Phi) is 3.42. The smallest absolute Gasteiger partial charge is 0.340 e. The van der Waals surface area contributed by atoms with E-state index in [1.807, 2.05) is 0 Å². The predicted molar refractivity (Wildman–Crippen MR) is 67.8 cm³/mol. The van der Waals surface area contributed by atoms with Crippen molar-refractivity contribution in [3.63, 3.8) is 0 Å². The van der Waals surface area contributed by atoms with Crippen LogP contribution in [0.15, 0.2) is 39.3 Å². The summed E-state index contributed by atoms with van der Waals surface area (Å²) in [5.41, 5.74) is 5.50. The average Bonchev–Trinajstić information content (AvgIpc) is 2.75. The van der Waals surface area contributed by atoms with Gasteiger partial charge < -0.3 is 10.5 Å². The fourth-order valence-electron chi connectivity index (χ4n) is 1.41. The number of benzene rings is 1. The molecule has 4 N–H and O–H groups in total. The van der Waals surface area contributed by atoms with Gasteiger partial charge in [0, 0.05) is 0 Å². The minimum absolute atomic E-state index is 0.0420. The molecule has 1 aromatic heterocycles. The monoisotopic (exact) mass is 261 g/mol. The average molecular weight is 261 g/mol. The molecule has 0 amide bonds. The van der Waals surface area contributed by atoms with Crippen molar-refractivity contribution < 1.29 is 9.53 Å². The number of methoxy groups -OCH3 is 1. The van der Waals surface area contributed by atoms with Crippen LogP contribution in [0.25, 0.3) is 0 Å². The van der Waals surface area contributed by atoms with E-state index >= 15 is 0 Å². The third-order valence-electron chi connectivity index (χ3n) is 2.35. The summed E-state index contributed by atoms with van der Waals surface area (Å²) < 4.78 is 4.62. The van der Waals surface area contributed by atoms with Crippen LogP contribution >= 0.6 is 0 Å². The van der Waals surface area contributed by atoms with Gasteiger partial charge in [0.25, 0.3) is 5.56 Å². The van der Waals surface area contributed by atoms with E-state index in [9.17, 15) is 9.59 Å². The van der Waals surface area contributed by atoms with Gasteiger partial charge in [-0.05, 0) is 12.1 Å². The van der Waals surface area contributed by atoms with Gasteiger partial charge >= 0.3 is 5.97 Å². The van der Waals surface area contributed by atoms with Crippen molar-refractivity contribution in [2.24, 2.45) is 10.2 Å². The van der Waals surface area contributed by atoms with Gasteiger partial charge in [0.05, 0.1) is 12.7 Å². The van der Waals surface area contributed by atoms with Gasteiger partial charge in [0.1, 0.15) is 11.5 Å². The van der Waals surface area contributed by atoms with E-state index in [4.69, 9.17) is 5.73 Å². The number of aromatic amines is 2. The Morgan fingerprint density at radius 1 is 1.26 bits per heavy atom. The van der Waals surface area contributed by atoms with Gasteiger partial charge in [0.2, 0.25) is 0 Å². The highest BCUT2D eigenvalue weighted by Gasteiger charge is 2.11. The topological polar surface area (TPSA) is 126 Å². The molecule has 0 radical (unpaired) electrons. The maximum Gasteiger partial charge on any atom is 0.340 e.